The molecule has 0 amide bonds. The number of carbonyl (C=O) groups is 2. The minimum atomic E-state index is -1.98. The van der Waals surface area contributed by atoms with Gasteiger partial charge in [-0.3, -0.25) is 4.79 Å². The summed E-state index contributed by atoms with van der Waals surface area (Å²) in [7, 11) is 0. The van der Waals surface area contributed by atoms with E-state index in [4.69, 9.17) is 18.9 Å². The predicted molar refractivity (Wildman–Crippen MR) is 200 cm³/mol. The van der Waals surface area contributed by atoms with Gasteiger partial charge in [0, 0.05) is 5.41 Å². The van der Waals surface area contributed by atoms with Crippen LogP contribution in [0.15, 0.2) is 11.6 Å². The van der Waals surface area contributed by atoms with Gasteiger partial charge >= 0.3 is 11.9 Å². The van der Waals surface area contributed by atoms with E-state index in [1.54, 1.807) is 0 Å². The number of aliphatic carboxylic acids is 2. The van der Waals surface area contributed by atoms with Crippen molar-refractivity contribution < 1.29 is 74.5 Å². The Balaban J connectivity index is 1.15. The Hall–Kier alpha value is -1.76. The zero-order chi connectivity index (χ0) is 41.8. The molecule has 324 valence electrons. The van der Waals surface area contributed by atoms with Crippen LogP contribution in [-0.2, 0) is 28.5 Å². The summed E-state index contributed by atoms with van der Waals surface area (Å²) in [6.07, 6.45) is -8.58. The maximum atomic E-state index is 13.1. The maximum Gasteiger partial charge on any atom is 0.335 e. The summed E-state index contributed by atoms with van der Waals surface area (Å²) >= 11 is 0. The van der Waals surface area contributed by atoms with Crippen molar-refractivity contribution in [1.29, 1.82) is 0 Å². The van der Waals surface area contributed by atoms with Gasteiger partial charge in [-0.05, 0) is 104 Å². The number of carboxylic acid groups (broad SMARTS) is 2. The average molecular weight is 811 g/mol. The van der Waals surface area contributed by atoms with E-state index in [1.807, 2.05) is 6.92 Å². The van der Waals surface area contributed by atoms with E-state index in [1.165, 1.54) is 5.57 Å². The van der Waals surface area contributed by atoms with Gasteiger partial charge in [-0.15, -0.1) is 0 Å². The molecule has 2 heterocycles. The van der Waals surface area contributed by atoms with Crippen LogP contribution in [0.3, 0.4) is 0 Å². The quantitative estimate of drug-likeness (QED) is 0.126. The summed E-state index contributed by atoms with van der Waals surface area (Å²) in [5.41, 5.74) is -0.836. The maximum absolute atomic E-state index is 13.1. The van der Waals surface area contributed by atoms with Crippen molar-refractivity contribution in [3.63, 3.8) is 0 Å². The lowest BCUT2D eigenvalue weighted by Gasteiger charge is -2.71. The monoisotopic (exact) mass is 810 g/mol. The summed E-state index contributed by atoms with van der Waals surface area (Å²) in [6, 6.07) is 0. The molecule has 6 fully saturated rings. The van der Waals surface area contributed by atoms with Crippen LogP contribution in [0, 0.1) is 50.2 Å². The Morgan fingerprint density at radius 2 is 1.42 bits per heavy atom. The fraction of sp³-hybridized carbons (Fsp3) is 0.905. The molecule has 0 aromatic carbocycles. The molecule has 57 heavy (non-hydrogen) atoms. The largest absolute Gasteiger partial charge is 0.481 e. The highest BCUT2D eigenvalue weighted by atomic mass is 16.7. The highest BCUT2D eigenvalue weighted by molar-refractivity contribution is 5.76. The van der Waals surface area contributed by atoms with Crippen molar-refractivity contribution in [2.45, 2.75) is 173 Å². The van der Waals surface area contributed by atoms with Crippen molar-refractivity contribution in [2.24, 2.45) is 50.2 Å². The van der Waals surface area contributed by atoms with Gasteiger partial charge in [0.05, 0.1) is 24.7 Å². The van der Waals surface area contributed by atoms with Crippen LogP contribution < -0.4 is 0 Å². The van der Waals surface area contributed by atoms with Crippen LogP contribution in [0.25, 0.3) is 0 Å². The molecule has 0 radical (unpaired) electrons. The topological polar surface area (TPSA) is 253 Å². The minimum absolute atomic E-state index is 0.0174. The van der Waals surface area contributed by atoms with E-state index < -0.39 is 96.9 Å². The van der Waals surface area contributed by atoms with Gasteiger partial charge in [0.1, 0.15) is 42.7 Å². The van der Waals surface area contributed by atoms with Crippen molar-refractivity contribution in [2.75, 3.05) is 13.2 Å². The Bertz CT molecular complexity index is 1590. The molecule has 19 atom stereocenters. The molecule has 9 N–H and O–H groups in total. The summed E-state index contributed by atoms with van der Waals surface area (Å²) in [5, 5.41) is 95.4. The van der Waals surface area contributed by atoms with Crippen LogP contribution in [0.5, 0.6) is 0 Å². The van der Waals surface area contributed by atoms with Crippen LogP contribution in [-0.4, -0.2) is 139 Å². The minimum Gasteiger partial charge on any atom is -0.481 e. The fourth-order valence-corrected chi connectivity index (χ4v) is 13.7. The zero-order valence-corrected chi connectivity index (χ0v) is 34.1. The molecule has 7 rings (SSSR count). The first kappa shape index (κ1) is 43.3. The van der Waals surface area contributed by atoms with Gasteiger partial charge in [-0.1, -0.05) is 53.2 Å². The molecule has 0 bridgehead atoms. The SMILES string of the molecule is CC1(C)CC[C@]2(C(=O)O)CC[C@]3(C)C(=CC[C@@H]4[C@@]5(C)CC[C@@H](O[C@H]6O[C@@H](C(=O)O)[C@@H](O)[C@@H](O[C@@H]7O[C@H](CO)[C@H](O)[C@@H](O)[C@@H]7O)[C@H]6O)[C@@](C)(CO)[C@H]5CC[C@]43C)[C@@H]2C1. The summed E-state index contributed by atoms with van der Waals surface area (Å²) in [6.45, 7) is 12.6. The number of hydrogen-bond acceptors (Lipinski definition) is 13. The van der Waals surface area contributed by atoms with Crippen molar-refractivity contribution in [1.82, 2.24) is 0 Å². The first-order chi connectivity index (χ1) is 26.5. The molecule has 0 aromatic rings. The molecule has 4 saturated carbocycles. The van der Waals surface area contributed by atoms with Gasteiger partial charge < -0.3 is 64.9 Å². The second-order valence-electron chi connectivity index (χ2n) is 20.5. The zero-order valence-electron chi connectivity index (χ0n) is 34.1. The third-order valence-electron chi connectivity index (χ3n) is 17.4. The van der Waals surface area contributed by atoms with Gasteiger partial charge in [0.25, 0.3) is 0 Å². The van der Waals surface area contributed by atoms with Crippen LogP contribution in [0.1, 0.15) is 106 Å². The van der Waals surface area contributed by atoms with Crippen LogP contribution in [0.2, 0.25) is 0 Å². The molecule has 7 aliphatic rings. The van der Waals surface area contributed by atoms with E-state index in [-0.39, 0.29) is 46.0 Å². The fourth-order valence-electron chi connectivity index (χ4n) is 13.7. The Kier molecular flexibility index (Phi) is 11.2. The molecule has 0 spiro atoms. The number of aliphatic hydroxyl groups excluding tert-OH is 7. The highest BCUT2D eigenvalue weighted by Crippen LogP contribution is 2.76. The van der Waals surface area contributed by atoms with E-state index in [9.17, 15) is 55.5 Å². The van der Waals surface area contributed by atoms with E-state index >= 15 is 0 Å². The molecular formula is C42H66O15. The Labute approximate surface area is 334 Å². The molecule has 0 unspecified atom stereocenters. The number of ether oxygens (including phenoxy) is 4. The van der Waals surface area contributed by atoms with Gasteiger partial charge in [0.15, 0.2) is 18.7 Å². The Morgan fingerprint density at radius 1 is 0.754 bits per heavy atom. The molecular weight excluding hydrogens is 744 g/mol. The lowest BCUT2D eigenvalue weighted by Crippen LogP contribution is -2.68. The van der Waals surface area contributed by atoms with Crippen molar-refractivity contribution in [3.8, 4) is 0 Å². The predicted octanol–water partition coefficient (Wildman–Crippen LogP) is 1.95. The van der Waals surface area contributed by atoms with Gasteiger partial charge in [0.2, 0.25) is 0 Å². The number of allylic oxidation sites excluding steroid dienone is 2. The number of rotatable bonds is 8. The third kappa shape index (κ3) is 6.39. The van der Waals surface area contributed by atoms with Gasteiger partial charge in [-0.2, -0.15) is 0 Å². The molecule has 15 nitrogen and oxygen atoms in total. The smallest absolute Gasteiger partial charge is 0.335 e. The second-order valence-corrected chi connectivity index (χ2v) is 20.5. The summed E-state index contributed by atoms with van der Waals surface area (Å²) in [4.78, 5) is 25.4. The first-order valence-corrected chi connectivity index (χ1v) is 21.0. The molecule has 0 aromatic heterocycles. The summed E-state index contributed by atoms with van der Waals surface area (Å²) < 4.78 is 23.3. The number of fused-ring (bicyclic) bond motifs is 7. The second kappa shape index (κ2) is 14.7. The van der Waals surface area contributed by atoms with Crippen molar-refractivity contribution in [3.05, 3.63) is 11.6 Å². The summed E-state index contributed by atoms with van der Waals surface area (Å²) in [5.74, 6) is -2.09. The molecule has 15 heteroatoms. The van der Waals surface area contributed by atoms with E-state index in [0.717, 1.165) is 38.5 Å². The van der Waals surface area contributed by atoms with E-state index in [0.29, 0.717) is 25.7 Å². The van der Waals surface area contributed by atoms with Crippen molar-refractivity contribution >= 4 is 11.9 Å². The van der Waals surface area contributed by atoms with Crippen LogP contribution in [0.4, 0.5) is 0 Å². The normalized spacial score (nSPS) is 53.3. The molecule has 2 aliphatic heterocycles. The number of carboxylic acids is 2. The lowest BCUT2D eigenvalue weighted by molar-refractivity contribution is -0.366. The van der Waals surface area contributed by atoms with E-state index in [2.05, 4.69) is 40.7 Å². The first-order valence-electron chi connectivity index (χ1n) is 21.0. The Morgan fingerprint density at radius 3 is 2.05 bits per heavy atom. The lowest BCUT2D eigenvalue weighted by atomic mass is 9.33. The number of hydrogen-bond donors (Lipinski definition) is 9. The third-order valence-corrected chi connectivity index (χ3v) is 17.4. The average Bonchev–Trinajstić information content (AvgIpc) is 3.15. The molecule has 5 aliphatic carbocycles. The standard InChI is InChI=1S/C42H66O15/c1-37(2)13-15-42(36(52)53)16-14-40(5)20(21(42)17-37)7-8-24-38(3)11-10-25(39(4,19-44)23(38)9-12-41(24,40)6)55-35-30(49)31(29(48)32(57-35)33(50)51)56-34-28(47)27(46)26(45)22(18-43)54-34/h7,21-32,34-35,43-49H,8-19H2,1-6H3,(H,50,51)(H,52,53)/t21-,22+,23-,24+,25+,26-,27+,28-,29-,30+,31+,32+,34-,35-,38-,39-,40+,41+,42-/m0/s1. The highest BCUT2D eigenvalue weighted by Gasteiger charge is 2.70. The number of aliphatic hydroxyl groups is 7. The molecule has 2 saturated heterocycles. The van der Waals surface area contributed by atoms with Gasteiger partial charge in [-0.25, -0.2) is 4.79 Å². The van der Waals surface area contributed by atoms with Crippen LogP contribution >= 0.6 is 0 Å².